The summed E-state index contributed by atoms with van der Waals surface area (Å²) in [5.74, 6) is -0.750. The SMILES string of the molecule is CNCC(CC(=O)O)c1cccc(Br)c1. The van der Waals surface area contributed by atoms with Crippen molar-refractivity contribution in [3.63, 3.8) is 0 Å². The van der Waals surface area contributed by atoms with Gasteiger partial charge in [0, 0.05) is 16.9 Å². The van der Waals surface area contributed by atoms with Gasteiger partial charge in [-0.15, -0.1) is 0 Å². The Hall–Kier alpha value is -0.870. The highest BCUT2D eigenvalue weighted by Gasteiger charge is 2.14. The van der Waals surface area contributed by atoms with E-state index >= 15 is 0 Å². The first-order valence-corrected chi connectivity index (χ1v) is 5.54. The number of benzene rings is 1. The third-order valence-electron chi connectivity index (χ3n) is 2.19. The van der Waals surface area contributed by atoms with Gasteiger partial charge >= 0.3 is 5.97 Å². The Morgan fingerprint density at radius 1 is 1.60 bits per heavy atom. The molecule has 3 nitrogen and oxygen atoms in total. The van der Waals surface area contributed by atoms with E-state index in [0.29, 0.717) is 6.54 Å². The lowest BCUT2D eigenvalue weighted by molar-refractivity contribution is -0.137. The number of carboxylic acid groups (broad SMARTS) is 1. The topological polar surface area (TPSA) is 49.3 Å². The summed E-state index contributed by atoms with van der Waals surface area (Å²) in [5, 5.41) is 11.8. The van der Waals surface area contributed by atoms with Gasteiger partial charge in [0.1, 0.15) is 0 Å². The number of nitrogens with one attached hydrogen (secondary N) is 1. The molecule has 0 saturated heterocycles. The maximum Gasteiger partial charge on any atom is 0.304 e. The molecule has 0 spiro atoms. The molecule has 1 aromatic rings. The molecule has 0 aliphatic rings. The first kappa shape index (κ1) is 12.2. The second kappa shape index (κ2) is 5.88. The Morgan fingerprint density at radius 3 is 2.87 bits per heavy atom. The number of hydrogen-bond acceptors (Lipinski definition) is 2. The van der Waals surface area contributed by atoms with Crippen LogP contribution >= 0.6 is 15.9 Å². The highest BCUT2D eigenvalue weighted by Crippen LogP contribution is 2.22. The maximum absolute atomic E-state index is 10.7. The molecule has 0 aromatic heterocycles. The Balaban J connectivity index is 2.83. The molecule has 0 amide bonds. The number of likely N-dealkylation sites (N-methyl/N-ethyl adjacent to an activating group) is 1. The molecule has 0 saturated carbocycles. The van der Waals surface area contributed by atoms with Crippen molar-refractivity contribution in [1.29, 1.82) is 0 Å². The van der Waals surface area contributed by atoms with Gasteiger partial charge in [-0.3, -0.25) is 4.79 Å². The molecule has 15 heavy (non-hydrogen) atoms. The summed E-state index contributed by atoms with van der Waals surface area (Å²) in [6.07, 6.45) is 0.150. The van der Waals surface area contributed by atoms with E-state index in [0.717, 1.165) is 10.0 Å². The van der Waals surface area contributed by atoms with E-state index in [2.05, 4.69) is 21.2 Å². The van der Waals surface area contributed by atoms with Crippen LogP contribution in [-0.2, 0) is 4.79 Å². The molecule has 0 fully saturated rings. The van der Waals surface area contributed by atoms with Gasteiger partial charge < -0.3 is 10.4 Å². The van der Waals surface area contributed by atoms with Gasteiger partial charge in [0.15, 0.2) is 0 Å². The summed E-state index contributed by atoms with van der Waals surface area (Å²) in [7, 11) is 1.83. The van der Waals surface area contributed by atoms with Crippen molar-refractivity contribution in [2.24, 2.45) is 0 Å². The van der Waals surface area contributed by atoms with Gasteiger partial charge in [0.25, 0.3) is 0 Å². The lowest BCUT2D eigenvalue weighted by Crippen LogP contribution is -2.19. The summed E-state index contributed by atoms with van der Waals surface area (Å²) in [6, 6.07) is 7.77. The highest BCUT2D eigenvalue weighted by atomic mass is 79.9. The van der Waals surface area contributed by atoms with Gasteiger partial charge in [-0.2, -0.15) is 0 Å². The van der Waals surface area contributed by atoms with Crippen LogP contribution in [0.3, 0.4) is 0 Å². The summed E-state index contributed by atoms with van der Waals surface area (Å²) >= 11 is 3.38. The fourth-order valence-electron chi connectivity index (χ4n) is 1.53. The molecule has 0 aliphatic carbocycles. The minimum atomic E-state index is -0.768. The van der Waals surface area contributed by atoms with Crippen molar-refractivity contribution in [3.8, 4) is 0 Å². The van der Waals surface area contributed by atoms with Gasteiger partial charge in [-0.1, -0.05) is 28.1 Å². The molecule has 1 unspecified atom stereocenters. The number of hydrogen-bond donors (Lipinski definition) is 2. The van der Waals surface area contributed by atoms with Crippen LogP contribution < -0.4 is 5.32 Å². The fourth-order valence-corrected chi connectivity index (χ4v) is 1.94. The third kappa shape index (κ3) is 4.01. The molecule has 0 bridgehead atoms. The van der Waals surface area contributed by atoms with Crippen LogP contribution in [-0.4, -0.2) is 24.7 Å². The quantitative estimate of drug-likeness (QED) is 0.864. The lowest BCUT2D eigenvalue weighted by atomic mass is 9.96. The van der Waals surface area contributed by atoms with Crippen LogP contribution in [0.15, 0.2) is 28.7 Å². The molecule has 0 heterocycles. The number of carboxylic acids is 1. The number of carbonyl (C=O) groups is 1. The molecule has 1 aromatic carbocycles. The molecule has 1 rings (SSSR count). The van der Waals surface area contributed by atoms with Crippen LogP contribution in [0.25, 0.3) is 0 Å². The van der Waals surface area contributed by atoms with Crippen LogP contribution in [0.2, 0.25) is 0 Å². The van der Waals surface area contributed by atoms with Gasteiger partial charge in [-0.05, 0) is 24.7 Å². The third-order valence-corrected chi connectivity index (χ3v) is 2.68. The average Bonchev–Trinajstić information content (AvgIpc) is 2.16. The molecule has 0 aliphatic heterocycles. The van der Waals surface area contributed by atoms with E-state index in [1.807, 2.05) is 31.3 Å². The first-order chi connectivity index (χ1) is 7.13. The van der Waals surface area contributed by atoms with Crippen molar-refractivity contribution in [2.45, 2.75) is 12.3 Å². The minimum Gasteiger partial charge on any atom is -0.481 e. The van der Waals surface area contributed by atoms with Crippen LogP contribution in [0.1, 0.15) is 17.9 Å². The predicted molar refractivity (Wildman–Crippen MR) is 63.1 cm³/mol. The van der Waals surface area contributed by atoms with Crippen molar-refractivity contribution in [3.05, 3.63) is 34.3 Å². The summed E-state index contributed by atoms with van der Waals surface area (Å²) in [4.78, 5) is 10.7. The zero-order valence-electron chi connectivity index (χ0n) is 8.53. The second-order valence-electron chi connectivity index (χ2n) is 3.41. The normalized spacial score (nSPS) is 12.4. The second-order valence-corrected chi connectivity index (χ2v) is 4.32. The molecule has 4 heteroatoms. The Labute approximate surface area is 97.6 Å². The Morgan fingerprint density at radius 2 is 2.33 bits per heavy atom. The van der Waals surface area contributed by atoms with Crippen molar-refractivity contribution < 1.29 is 9.90 Å². The van der Waals surface area contributed by atoms with E-state index < -0.39 is 5.97 Å². The average molecular weight is 272 g/mol. The minimum absolute atomic E-state index is 0.0185. The van der Waals surface area contributed by atoms with E-state index in [-0.39, 0.29) is 12.3 Å². The van der Waals surface area contributed by atoms with Crippen LogP contribution in [0.5, 0.6) is 0 Å². The summed E-state index contributed by atoms with van der Waals surface area (Å²) in [5.41, 5.74) is 1.04. The van der Waals surface area contributed by atoms with Crippen LogP contribution in [0, 0.1) is 0 Å². The van der Waals surface area contributed by atoms with Crippen LogP contribution in [0.4, 0.5) is 0 Å². The largest absolute Gasteiger partial charge is 0.481 e. The highest BCUT2D eigenvalue weighted by molar-refractivity contribution is 9.10. The zero-order chi connectivity index (χ0) is 11.3. The van der Waals surface area contributed by atoms with Gasteiger partial charge in [0.05, 0.1) is 6.42 Å². The molecule has 2 N–H and O–H groups in total. The van der Waals surface area contributed by atoms with E-state index in [9.17, 15) is 4.79 Å². The monoisotopic (exact) mass is 271 g/mol. The lowest BCUT2D eigenvalue weighted by Gasteiger charge is -2.14. The summed E-state index contributed by atoms with van der Waals surface area (Å²) in [6.45, 7) is 0.669. The Kier molecular flexibility index (Phi) is 4.78. The zero-order valence-corrected chi connectivity index (χ0v) is 10.1. The van der Waals surface area contributed by atoms with E-state index in [4.69, 9.17) is 5.11 Å². The van der Waals surface area contributed by atoms with Crippen molar-refractivity contribution >= 4 is 21.9 Å². The van der Waals surface area contributed by atoms with Gasteiger partial charge in [-0.25, -0.2) is 0 Å². The number of halogens is 1. The summed E-state index contributed by atoms with van der Waals surface area (Å²) < 4.78 is 0.978. The number of aliphatic carboxylic acids is 1. The smallest absolute Gasteiger partial charge is 0.304 e. The molecule has 82 valence electrons. The maximum atomic E-state index is 10.7. The molecular weight excluding hydrogens is 258 g/mol. The Bertz CT molecular complexity index is 341. The fraction of sp³-hybridized carbons (Fsp3) is 0.364. The first-order valence-electron chi connectivity index (χ1n) is 4.75. The predicted octanol–water partition coefficient (Wildman–Crippen LogP) is 2.23. The van der Waals surface area contributed by atoms with Crippen molar-refractivity contribution in [2.75, 3.05) is 13.6 Å². The van der Waals surface area contributed by atoms with E-state index in [1.54, 1.807) is 0 Å². The standard InChI is InChI=1S/C11H14BrNO2/c1-13-7-9(6-11(14)15)8-3-2-4-10(12)5-8/h2-5,9,13H,6-7H2,1H3,(H,14,15). The van der Waals surface area contributed by atoms with Gasteiger partial charge in [0.2, 0.25) is 0 Å². The molecule has 1 atom stereocenters. The number of rotatable bonds is 5. The molecule has 0 radical (unpaired) electrons. The van der Waals surface area contributed by atoms with E-state index in [1.165, 1.54) is 0 Å². The van der Waals surface area contributed by atoms with Crippen molar-refractivity contribution in [1.82, 2.24) is 5.32 Å². The molecular formula is C11H14BrNO2.